The first-order valence-corrected chi connectivity index (χ1v) is 10.8. The van der Waals surface area contributed by atoms with Crippen LogP contribution >= 0.6 is 0 Å². The van der Waals surface area contributed by atoms with E-state index in [4.69, 9.17) is 0 Å². The van der Waals surface area contributed by atoms with Crippen molar-refractivity contribution in [2.24, 2.45) is 23.7 Å². The van der Waals surface area contributed by atoms with Gasteiger partial charge in [-0.25, -0.2) is 8.78 Å². The quantitative estimate of drug-likeness (QED) is 0.539. The predicted octanol–water partition coefficient (Wildman–Crippen LogP) is 7.12. The highest BCUT2D eigenvalue weighted by molar-refractivity contribution is 5.37. The standard InChI is InChI=1S/C24H32F2/c1-2-16-3-6-21-14-22(15-24(26)23(21)12-16)20-8-7-18-11-17(9-10-25)4-5-19(18)13-20/h9-10,14-20H,2-8,11-13H2,1H3/b10-9+. The van der Waals surface area contributed by atoms with Crippen molar-refractivity contribution in [2.75, 3.05) is 0 Å². The van der Waals surface area contributed by atoms with E-state index < -0.39 is 0 Å². The number of allylic oxidation sites excluding steroid dienone is 1. The molecule has 3 aliphatic carbocycles. The highest BCUT2D eigenvalue weighted by atomic mass is 19.1. The van der Waals surface area contributed by atoms with Gasteiger partial charge in [0.1, 0.15) is 5.82 Å². The fourth-order valence-electron chi connectivity index (χ4n) is 6.01. The average molecular weight is 359 g/mol. The normalized spacial score (nSPS) is 34.5. The molecule has 5 unspecified atom stereocenters. The van der Waals surface area contributed by atoms with Crippen molar-refractivity contribution in [1.29, 1.82) is 0 Å². The summed E-state index contributed by atoms with van der Waals surface area (Å²) in [5.41, 5.74) is 3.53. The lowest BCUT2D eigenvalue weighted by molar-refractivity contribution is 0.133. The molecule has 26 heavy (non-hydrogen) atoms. The molecular formula is C24H32F2. The Bertz CT molecular complexity index is 662. The van der Waals surface area contributed by atoms with Crippen molar-refractivity contribution in [1.82, 2.24) is 0 Å². The van der Waals surface area contributed by atoms with E-state index in [0.29, 0.717) is 17.8 Å². The maximum absolute atomic E-state index is 14.8. The lowest BCUT2D eigenvalue weighted by Crippen LogP contribution is -2.30. The van der Waals surface area contributed by atoms with E-state index in [1.807, 2.05) is 6.07 Å². The van der Waals surface area contributed by atoms with Crippen LogP contribution in [-0.2, 0) is 12.8 Å². The number of fused-ring (bicyclic) bond motifs is 2. The lowest BCUT2D eigenvalue weighted by atomic mass is 9.63. The molecule has 142 valence electrons. The van der Waals surface area contributed by atoms with E-state index in [0.717, 1.165) is 55.8 Å². The third-order valence-corrected chi connectivity index (χ3v) is 7.67. The van der Waals surface area contributed by atoms with Gasteiger partial charge in [-0.3, -0.25) is 0 Å². The van der Waals surface area contributed by atoms with Crippen LogP contribution < -0.4 is 0 Å². The lowest BCUT2D eigenvalue weighted by Gasteiger charge is -2.42. The van der Waals surface area contributed by atoms with E-state index in [-0.39, 0.29) is 5.82 Å². The van der Waals surface area contributed by atoms with Crippen molar-refractivity contribution in [3.63, 3.8) is 0 Å². The first kappa shape index (κ1) is 18.2. The summed E-state index contributed by atoms with van der Waals surface area (Å²) in [4.78, 5) is 0. The van der Waals surface area contributed by atoms with Gasteiger partial charge in [0.25, 0.3) is 0 Å². The SMILES string of the molecule is CCC1CCc2cc(C3CCC4CC(/C=C/F)CCC4C3)cc(F)c2C1. The van der Waals surface area contributed by atoms with Crippen LogP contribution in [0.2, 0.25) is 0 Å². The van der Waals surface area contributed by atoms with Crippen LogP contribution in [-0.4, -0.2) is 0 Å². The molecule has 0 N–H and O–H groups in total. The average Bonchev–Trinajstić information content (AvgIpc) is 2.67. The zero-order chi connectivity index (χ0) is 18.1. The largest absolute Gasteiger partial charge is 0.216 e. The molecule has 0 saturated heterocycles. The monoisotopic (exact) mass is 358 g/mol. The molecule has 0 bridgehead atoms. The van der Waals surface area contributed by atoms with E-state index in [9.17, 15) is 8.78 Å². The highest BCUT2D eigenvalue weighted by Gasteiger charge is 2.36. The molecule has 1 aromatic rings. The molecule has 0 aromatic heterocycles. The number of hydrogen-bond donors (Lipinski definition) is 0. The Hall–Kier alpha value is -1.18. The number of hydrogen-bond acceptors (Lipinski definition) is 0. The van der Waals surface area contributed by atoms with Gasteiger partial charge in [-0.15, -0.1) is 0 Å². The minimum absolute atomic E-state index is 0.0505. The number of benzene rings is 1. The molecule has 3 aliphatic rings. The molecular weight excluding hydrogens is 326 g/mol. The van der Waals surface area contributed by atoms with Crippen LogP contribution in [0.5, 0.6) is 0 Å². The van der Waals surface area contributed by atoms with Gasteiger partial charge in [0.2, 0.25) is 0 Å². The fourth-order valence-corrected chi connectivity index (χ4v) is 6.01. The van der Waals surface area contributed by atoms with Crippen molar-refractivity contribution in [2.45, 2.75) is 77.0 Å². The number of halogens is 2. The summed E-state index contributed by atoms with van der Waals surface area (Å²) in [6.45, 7) is 2.22. The molecule has 0 amide bonds. The Morgan fingerprint density at radius 1 is 1.04 bits per heavy atom. The zero-order valence-corrected chi connectivity index (χ0v) is 16.0. The summed E-state index contributed by atoms with van der Waals surface area (Å²) in [6, 6.07) is 4.20. The Balaban J connectivity index is 1.47. The Labute approximate surface area is 157 Å². The summed E-state index contributed by atoms with van der Waals surface area (Å²) >= 11 is 0. The second kappa shape index (κ2) is 7.82. The summed E-state index contributed by atoms with van der Waals surface area (Å²) in [6.07, 6.45) is 13.9. The van der Waals surface area contributed by atoms with Crippen LogP contribution in [0.1, 0.15) is 80.9 Å². The van der Waals surface area contributed by atoms with Gasteiger partial charge in [-0.2, -0.15) is 0 Å². The molecule has 5 atom stereocenters. The van der Waals surface area contributed by atoms with Gasteiger partial charge in [0.15, 0.2) is 0 Å². The van der Waals surface area contributed by atoms with Gasteiger partial charge in [-0.1, -0.05) is 25.5 Å². The maximum atomic E-state index is 14.8. The zero-order valence-electron chi connectivity index (χ0n) is 16.0. The molecule has 4 rings (SSSR count). The number of aryl methyl sites for hydroxylation is 1. The maximum Gasteiger partial charge on any atom is 0.126 e. The van der Waals surface area contributed by atoms with Crippen LogP contribution in [0, 0.1) is 29.5 Å². The van der Waals surface area contributed by atoms with E-state index >= 15 is 0 Å². The predicted molar refractivity (Wildman–Crippen MR) is 103 cm³/mol. The summed E-state index contributed by atoms with van der Waals surface area (Å²) < 4.78 is 27.3. The van der Waals surface area contributed by atoms with Crippen LogP contribution in [0.25, 0.3) is 0 Å². The first-order chi connectivity index (χ1) is 12.7. The summed E-state index contributed by atoms with van der Waals surface area (Å²) in [5.74, 6) is 3.16. The van der Waals surface area contributed by atoms with Gasteiger partial charge < -0.3 is 0 Å². The minimum atomic E-state index is 0.0505. The van der Waals surface area contributed by atoms with Gasteiger partial charge in [0.05, 0.1) is 6.33 Å². The van der Waals surface area contributed by atoms with Gasteiger partial charge in [-0.05, 0) is 110 Å². The molecule has 2 saturated carbocycles. The Kier molecular flexibility index (Phi) is 5.47. The Morgan fingerprint density at radius 3 is 2.65 bits per heavy atom. The third-order valence-electron chi connectivity index (χ3n) is 7.67. The third kappa shape index (κ3) is 3.62. The Morgan fingerprint density at radius 2 is 1.85 bits per heavy atom. The second-order valence-corrected chi connectivity index (χ2v) is 9.08. The molecule has 2 fully saturated rings. The van der Waals surface area contributed by atoms with Crippen molar-refractivity contribution in [3.05, 3.63) is 47.0 Å². The molecule has 0 nitrogen and oxygen atoms in total. The van der Waals surface area contributed by atoms with Crippen molar-refractivity contribution in [3.8, 4) is 0 Å². The fraction of sp³-hybridized carbons (Fsp3) is 0.667. The summed E-state index contributed by atoms with van der Waals surface area (Å²) in [7, 11) is 0. The number of rotatable bonds is 3. The smallest absolute Gasteiger partial charge is 0.126 e. The van der Waals surface area contributed by atoms with Gasteiger partial charge >= 0.3 is 0 Å². The molecule has 0 radical (unpaired) electrons. The summed E-state index contributed by atoms with van der Waals surface area (Å²) in [5, 5.41) is 0. The first-order valence-electron chi connectivity index (χ1n) is 10.8. The molecule has 0 aliphatic heterocycles. The topological polar surface area (TPSA) is 0 Å². The van der Waals surface area contributed by atoms with Crippen LogP contribution in [0.3, 0.4) is 0 Å². The van der Waals surface area contributed by atoms with Crippen LogP contribution in [0.4, 0.5) is 8.78 Å². The molecule has 0 heterocycles. The van der Waals surface area contributed by atoms with Crippen molar-refractivity contribution < 1.29 is 8.78 Å². The molecule has 2 heteroatoms. The van der Waals surface area contributed by atoms with E-state index in [1.54, 1.807) is 6.08 Å². The molecule has 1 aromatic carbocycles. The molecule has 0 spiro atoms. The van der Waals surface area contributed by atoms with E-state index in [1.165, 1.54) is 43.2 Å². The van der Waals surface area contributed by atoms with Crippen LogP contribution in [0.15, 0.2) is 24.5 Å². The minimum Gasteiger partial charge on any atom is -0.216 e. The highest BCUT2D eigenvalue weighted by Crippen LogP contribution is 2.48. The second-order valence-electron chi connectivity index (χ2n) is 9.08. The van der Waals surface area contributed by atoms with E-state index in [2.05, 4.69) is 13.0 Å². The van der Waals surface area contributed by atoms with Gasteiger partial charge in [0, 0.05) is 0 Å². The van der Waals surface area contributed by atoms with Crippen molar-refractivity contribution >= 4 is 0 Å².